The number of rotatable bonds is 6. The Labute approximate surface area is 118 Å². The van der Waals surface area contributed by atoms with Gasteiger partial charge >= 0.3 is 0 Å². The Kier molecular flexibility index (Phi) is 5.43. The summed E-state index contributed by atoms with van der Waals surface area (Å²) in [4.78, 5) is 1.07. The zero-order valence-corrected chi connectivity index (χ0v) is 11.6. The number of nitrogens with two attached hydrogens (primary N) is 1. The van der Waals surface area contributed by atoms with E-state index in [0.717, 1.165) is 23.5 Å². The molecule has 100 valence electrons. The molecule has 0 bridgehead atoms. The van der Waals surface area contributed by atoms with E-state index in [1.807, 2.05) is 18.2 Å². The van der Waals surface area contributed by atoms with Crippen LogP contribution in [0.15, 0.2) is 59.5 Å². The molecule has 0 fully saturated rings. The van der Waals surface area contributed by atoms with E-state index < -0.39 is 0 Å². The molecule has 1 unspecified atom stereocenters. The number of halogens is 1. The van der Waals surface area contributed by atoms with Crippen molar-refractivity contribution in [3.8, 4) is 0 Å². The van der Waals surface area contributed by atoms with Crippen molar-refractivity contribution >= 4 is 11.8 Å². The fourth-order valence-corrected chi connectivity index (χ4v) is 2.72. The number of hydrogen-bond donors (Lipinski definition) is 1. The third-order valence-corrected chi connectivity index (χ3v) is 4.12. The lowest BCUT2D eigenvalue weighted by Gasteiger charge is -2.11. The van der Waals surface area contributed by atoms with E-state index in [-0.39, 0.29) is 11.9 Å². The Morgan fingerprint density at radius 1 is 1.00 bits per heavy atom. The smallest absolute Gasteiger partial charge is 0.123 e. The molecular weight excluding hydrogens is 257 g/mol. The van der Waals surface area contributed by atoms with Crippen molar-refractivity contribution in [1.82, 2.24) is 0 Å². The maximum Gasteiger partial charge on any atom is 0.123 e. The van der Waals surface area contributed by atoms with E-state index in [0.29, 0.717) is 0 Å². The van der Waals surface area contributed by atoms with Gasteiger partial charge < -0.3 is 5.73 Å². The van der Waals surface area contributed by atoms with Crippen molar-refractivity contribution in [2.45, 2.75) is 23.8 Å². The maximum absolute atomic E-state index is 12.8. The largest absolute Gasteiger partial charge is 0.327 e. The van der Waals surface area contributed by atoms with E-state index in [1.54, 1.807) is 23.9 Å². The Hall–Kier alpha value is -1.32. The minimum atomic E-state index is -0.197. The van der Waals surface area contributed by atoms with Gasteiger partial charge in [-0.3, -0.25) is 0 Å². The first-order chi connectivity index (χ1) is 9.24. The van der Waals surface area contributed by atoms with Crippen LogP contribution in [0.2, 0.25) is 0 Å². The van der Waals surface area contributed by atoms with Crippen LogP contribution in [0.25, 0.3) is 0 Å². The summed E-state index contributed by atoms with van der Waals surface area (Å²) in [5.41, 5.74) is 7.43. The molecule has 2 aromatic rings. The fourth-order valence-electron chi connectivity index (χ4n) is 1.81. The van der Waals surface area contributed by atoms with Gasteiger partial charge in [0.2, 0.25) is 0 Å². The van der Waals surface area contributed by atoms with E-state index in [4.69, 9.17) is 5.73 Å². The molecule has 0 radical (unpaired) electrons. The molecule has 0 heterocycles. The van der Waals surface area contributed by atoms with Crippen LogP contribution in [0.3, 0.4) is 0 Å². The van der Waals surface area contributed by atoms with Crippen LogP contribution in [-0.4, -0.2) is 11.8 Å². The minimum absolute atomic E-state index is 0.162. The Morgan fingerprint density at radius 2 is 1.68 bits per heavy atom. The van der Waals surface area contributed by atoms with Gasteiger partial charge in [-0.25, -0.2) is 4.39 Å². The molecule has 2 aromatic carbocycles. The number of hydrogen-bond acceptors (Lipinski definition) is 2. The zero-order chi connectivity index (χ0) is 13.5. The molecule has 1 atom stereocenters. The van der Waals surface area contributed by atoms with Gasteiger partial charge in [0, 0.05) is 16.7 Å². The van der Waals surface area contributed by atoms with Gasteiger partial charge in [-0.2, -0.15) is 0 Å². The average molecular weight is 275 g/mol. The standard InChI is InChI=1S/C16H18FNS/c17-14-7-10-16(11-8-14)19-12-15(18)9-6-13-4-2-1-3-5-13/h1-5,7-8,10-11,15H,6,9,12,18H2. The summed E-state index contributed by atoms with van der Waals surface area (Å²) >= 11 is 1.68. The van der Waals surface area contributed by atoms with Gasteiger partial charge in [0.05, 0.1) is 0 Å². The van der Waals surface area contributed by atoms with Crippen molar-refractivity contribution in [3.05, 3.63) is 66.0 Å². The molecule has 0 spiro atoms. The summed E-state index contributed by atoms with van der Waals surface area (Å²) in [5, 5.41) is 0. The van der Waals surface area contributed by atoms with Crippen LogP contribution in [0.4, 0.5) is 4.39 Å². The highest BCUT2D eigenvalue weighted by atomic mass is 32.2. The second kappa shape index (κ2) is 7.31. The number of benzene rings is 2. The highest BCUT2D eigenvalue weighted by molar-refractivity contribution is 7.99. The summed E-state index contributed by atoms with van der Waals surface area (Å²) in [6.07, 6.45) is 1.98. The first-order valence-electron chi connectivity index (χ1n) is 6.42. The van der Waals surface area contributed by atoms with Crippen LogP contribution in [0.1, 0.15) is 12.0 Å². The van der Waals surface area contributed by atoms with E-state index in [1.165, 1.54) is 17.7 Å². The summed E-state index contributed by atoms with van der Waals surface area (Å²) in [6.45, 7) is 0. The monoisotopic (exact) mass is 275 g/mol. The van der Waals surface area contributed by atoms with Crippen molar-refractivity contribution in [2.75, 3.05) is 5.75 Å². The Bertz CT molecular complexity index is 484. The lowest BCUT2D eigenvalue weighted by molar-refractivity contribution is 0.626. The number of aryl methyl sites for hydroxylation is 1. The minimum Gasteiger partial charge on any atom is -0.327 e. The second-order valence-electron chi connectivity index (χ2n) is 4.55. The van der Waals surface area contributed by atoms with Gasteiger partial charge in [-0.1, -0.05) is 30.3 Å². The van der Waals surface area contributed by atoms with E-state index in [2.05, 4.69) is 12.1 Å². The van der Waals surface area contributed by atoms with Crippen LogP contribution in [-0.2, 0) is 6.42 Å². The quantitative estimate of drug-likeness (QED) is 0.810. The van der Waals surface area contributed by atoms with Gasteiger partial charge in [-0.15, -0.1) is 11.8 Å². The molecular formula is C16H18FNS. The first kappa shape index (κ1) is 14.1. The summed E-state index contributed by atoms with van der Waals surface area (Å²) in [6, 6.07) is 17.1. The normalized spacial score (nSPS) is 12.3. The lowest BCUT2D eigenvalue weighted by atomic mass is 10.1. The predicted molar refractivity (Wildman–Crippen MR) is 79.9 cm³/mol. The van der Waals surface area contributed by atoms with Crippen LogP contribution in [0.5, 0.6) is 0 Å². The molecule has 0 aliphatic rings. The topological polar surface area (TPSA) is 26.0 Å². The Morgan fingerprint density at radius 3 is 2.37 bits per heavy atom. The summed E-state index contributed by atoms with van der Waals surface area (Å²) in [7, 11) is 0. The van der Waals surface area contributed by atoms with Crippen molar-refractivity contribution < 1.29 is 4.39 Å². The van der Waals surface area contributed by atoms with Gasteiger partial charge in [0.25, 0.3) is 0 Å². The second-order valence-corrected chi connectivity index (χ2v) is 5.64. The fraction of sp³-hybridized carbons (Fsp3) is 0.250. The zero-order valence-electron chi connectivity index (χ0n) is 10.8. The lowest BCUT2D eigenvalue weighted by Crippen LogP contribution is -2.23. The van der Waals surface area contributed by atoms with Gasteiger partial charge in [0.1, 0.15) is 5.82 Å². The third kappa shape index (κ3) is 5.05. The van der Waals surface area contributed by atoms with Gasteiger partial charge in [0.15, 0.2) is 0 Å². The molecule has 0 aliphatic heterocycles. The summed E-state index contributed by atoms with van der Waals surface area (Å²) < 4.78 is 12.8. The predicted octanol–water partition coefficient (Wildman–Crippen LogP) is 3.88. The molecule has 0 aromatic heterocycles. The Balaban J connectivity index is 1.72. The SMILES string of the molecule is NC(CCc1ccccc1)CSc1ccc(F)cc1. The molecule has 0 amide bonds. The average Bonchev–Trinajstić information content (AvgIpc) is 2.45. The molecule has 1 nitrogen and oxygen atoms in total. The van der Waals surface area contributed by atoms with Gasteiger partial charge in [-0.05, 0) is 42.7 Å². The molecule has 0 saturated heterocycles. The highest BCUT2D eigenvalue weighted by Gasteiger charge is 2.04. The maximum atomic E-state index is 12.8. The van der Waals surface area contributed by atoms with Crippen molar-refractivity contribution in [3.63, 3.8) is 0 Å². The van der Waals surface area contributed by atoms with Crippen LogP contribution in [0, 0.1) is 5.82 Å². The molecule has 0 saturated carbocycles. The molecule has 2 rings (SSSR count). The number of thioether (sulfide) groups is 1. The molecule has 0 aliphatic carbocycles. The highest BCUT2D eigenvalue weighted by Crippen LogP contribution is 2.19. The third-order valence-electron chi connectivity index (χ3n) is 2.92. The van der Waals surface area contributed by atoms with E-state index >= 15 is 0 Å². The van der Waals surface area contributed by atoms with E-state index in [9.17, 15) is 4.39 Å². The summed E-state index contributed by atoms with van der Waals surface area (Å²) in [5.74, 6) is 0.663. The molecule has 19 heavy (non-hydrogen) atoms. The van der Waals surface area contributed by atoms with Crippen molar-refractivity contribution in [2.24, 2.45) is 5.73 Å². The first-order valence-corrected chi connectivity index (χ1v) is 7.40. The molecule has 3 heteroatoms. The molecule has 2 N–H and O–H groups in total. The van der Waals surface area contributed by atoms with Crippen LogP contribution >= 0.6 is 11.8 Å². The van der Waals surface area contributed by atoms with Crippen LogP contribution < -0.4 is 5.73 Å². The van der Waals surface area contributed by atoms with Crippen molar-refractivity contribution in [1.29, 1.82) is 0 Å².